The molecule has 1 fully saturated rings. The third-order valence-corrected chi connectivity index (χ3v) is 7.95. The molecule has 3 aromatic heterocycles. The number of fused-ring (bicyclic) bond motifs is 1. The maximum atomic E-state index is 14.4. The van der Waals surface area contributed by atoms with Crippen LogP contribution < -0.4 is 16.0 Å². The molecule has 36 heavy (non-hydrogen) atoms. The number of urea groups is 1. The van der Waals surface area contributed by atoms with Crippen LogP contribution in [0.25, 0.3) is 10.2 Å². The van der Waals surface area contributed by atoms with Crippen LogP contribution in [0.5, 0.6) is 0 Å². The summed E-state index contributed by atoms with van der Waals surface area (Å²) in [4.78, 5) is 28.4. The first-order chi connectivity index (χ1) is 17.6. The molecule has 0 aliphatic carbocycles. The number of amides is 2. The molecule has 4 aromatic rings. The van der Waals surface area contributed by atoms with Crippen LogP contribution in [-0.2, 0) is 13.0 Å². The van der Waals surface area contributed by atoms with E-state index >= 15 is 0 Å². The minimum Gasteiger partial charge on any atom is -0.395 e. The molecule has 0 radical (unpaired) electrons. The SMILES string of the molecule is O=C(Nc1ccc(F)c(CN2CCC[C@@H]2CO)c1)Nc1ncc(CCNc2ncnc3ccsc23)s1. The molecule has 12 heteroatoms. The molecule has 0 spiro atoms. The Bertz CT molecular complexity index is 1350. The number of nitrogens with one attached hydrogen (secondary N) is 3. The largest absolute Gasteiger partial charge is 0.395 e. The Morgan fingerprint density at radius 1 is 1.22 bits per heavy atom. The van der Waals surface area contributed by atoms with Crippen molar-refractivity contribution in [1.82, 2.24) is 19.9 Å². The fraction of sp³-hybridized carbons (Fsp3) is 0.333. The Hall–Kier alpha value is -3.19. The Morgan fingerprint density at radius 2 is 2.14 bits per heavy atom. The number of carbonyl (C=O) groups is 1. The predicted octanol–water partition coefficient (Wildman–Crippen LogP) is 4.54. The monoisotopic (exact) mass is 527 g/mol. The van der Waals surface area contributed by atoms with Crippen LogP contribution >= 0.6 is 22.7 Å². The molecule has 4 N–H and O–H groups in total. The van der Waals surface area contributed by atoms with Crippen molar-refractivity contribution in [3.8, 4) is 0 Å². The van der Waals surface area contributed by atoms with Crippen molar-refractivity contribution in [2.24, 2.45) is 0 Å². The minimum absolute atomic E-state index is 0.0521. The zero-order valence-electron chi connectivity index (χ0n) is 19.4. The van der Waals surface area contributed by atoms with Crippen LogP contribution in [0.2, 0.25) is 0 Å². The van der Waals surface area contributed by atoms with Crippen molar-refractivity contribution in [3.05, 3.63) is 58.4 Å². The van der Waals surface area contributed by atoms with E-state index in [1.54, 1.807) is 29.9 Å². The third-order valence-electron chi connectivity index (χ3n) is 6.07. The lowest BCUT2D eigenvalue weighted by Crippen LogP contribution is -2.32. The summed E-state index contributed by atoms with van der Waals surface area (Å²) in [7, 11) is 0. The molecular weight excluding hydrogens is 501 g/mol. The highest BCUT2D eigenvalue weighted by Crippen LogP contribution is 2.26. The Labute approximate surface area is 215 Å². The summed E-state index contributed by atoms with van der Waals surface area (Å²) in [5.41, 5.74) is 1.90. The van der Waals surface area contributed by atoms with Crippen LogP contribution in [0.4, 0.5) is 25.8 Å². The Morgan fingerprint density at radius 3 is 3.03 bits per heavy atom. The number of nitrogens with zero attached hydrogens (tertiary/aromatic N) is 4. The number of aromatic nitrogens is 3. The first-order valence-electron chi connectivity index (χ1n) is 11.7. The van der Waals surface area contributed by atoms with Crippen molar-refractivity contribution < 1.29 is 14.3 Å². The van der Waals surface area contributed by atoms with Crippen LogP contribution in [0.15, 0.2) is 42.2 Å². The van der Waals surface area contributed by atoms with Gasteiger partial charge in [-0.1, -0.05) is 0 Å². The smallest absolute Gasteiger partial charge is 0.325 e. The lowest BCUT2D eigenvalue weighted by atomic mass is 10.1. The number of anilines is 3. The summed E-state index contributed by atoms with van der Waals surface area (Å²) in [5, 5.41) is 20.8. The fourth-order valence-electron chi connectivity index (χ4n) is 4.26. The standard InChI is InChI=1S/C24H26FN7O2S2/c25-19-4-3-16(10-15(19)12-32-8-1-2-17(32)13-33)30-23(34)31-24-27-11-18(36-24)5-7-26-22-21-20(6-9-35-21)28-14-29-22/h3-4,6,9-11,14,17,33H,1-2,5,7-8,12-13H2,(H,26,28,29)(H2,27,30,31,34)/t17-/m1/s1. The average molecular weight is 528 g/mol. The van der Waals surface area contributed by atoms with E-state index in [0.717, 1.165) is 46.7 Å². The molecule has 2 amide bonds. The first-order valence-corrected chi connectivity index (χ1v) is 13.4. The minimum atomic E-state index is -0.443. The van der Waals surface area contributed by atoms with Gasteiger partial charge < -0.3 is 15.7 Å². The number of aliphatic hydroxyl groups is 1. The molecule has 9 nitrogen and oxygen atoms in total. The maximum Gasteiger partial charge on any atom is 0.325 e. The molecule has 1 aromatic carbocycles. The number of aliphatic hydroxyl groups excluding tert-OH is 1. The summed E-state index contributed by atoms with van der Waals surface area (Å²) in [6, 6.07) is 6.09. The zero-order chi connectivity index (χ0) is 24.9. The van der Waals surface area contributed by atoms with E-state index in [1.807, 2.05) is 11.4 Å². The zero-order valence-corrected chi connectivity index (χ0v) is 21.0. The lowest BCUT2D eigenvalue weighted by molar-refractivity contribution is 0.152. The highest BCUT2D eigenvalue weighted by Gasteiger charge is 2.24. The van der Waals surface area contributed by atoms with E-state index in [0.29, 0.717) is 29.5 Å². The summed E-state index contributed by atoms with van der Waals surface area (Å²) in [5.74, 6) is 0.483. The van der Waals surface area contributed by atoms with Gasteiger partial charge in [0, 0.05) is 47.9 Å². The van der Waals surface area contributed by atoms with E-state index in [2.05, 4.69) is 35.8 Å². The van der Waals surface area contributed by atoms with Crippen LogP contribution in [0, 0.1) is 5.82 Å². The van der Waals surface area contributed by atoms with E-state index in [9.17, 15) is 14.3 Å². The van der Waals surface area contributed by atoms with Gasteiger partial charge in [0.05, 0.1) is 16.8 Å². The molecule has 0 bridgehead atoms. The van der Waals surface area contributed by atoms with Crippen LogP contribution in [0.3, 0.4) is 0 Å². The Kier molecular flexibility index (Phi) is 7.66. The third kappa shape index (κ3) is 5.78. The second-order valence-corrected chi connectivity index (χ2v) is 10.5. The number of carbonyl (C=O) groups excluding carboxylic acids is 1. The number of thiophene rings is 1. The average Bonchev–Trinajstić information content (AvgIpc) is 3.62. The van der Waals surface area contributed by atoms with Crippen molar-refractivity contribution >= 4 is 55.6 Å². The Balaban J connectivity index is 1.13. The molecule has 5 rings (SSSR count). The fourth-order valence-corrected chi connectivity index (χ4v) is 5.88. The summed E-state index contributed by atoms with van der Waals surface area (Å²) in [6.07, 6.45) is 5.91. The van der Waals surface area contributed by atoms with Gasteiger partial charge in [-0.3, -0.25) is 10.2 Å². The number of rotatable bonds is 9. The lowest BCUT2D eigenvalue weighted by Gasteiger charge is -2.23. The van der Waals surface area contributed by atoms with Gasteiger partial charge in [0.1, 0.15) is 18.0 Å². The summed E-state index contributed by atoms with van der Waals surface area (Å²) in [6.45, 7) is 1.95. The maximum absolute atomic E-state index is 14.4. The first kappa shape index (κ1) is 24.5. The molecule has 0 saturated carbocycles. The molecule has 0 unspecified atom stereocenters. The number of halogens is 1. The molecule has 1 saturated heterocycles. The van der Waals surface area contributed by atoms with Gasteiger partial charge in [-0.05, 0) is 49.0 Å². The van der Waals surface area contributed by atoms with Gasteiger partial charge in [-0.2, -0.15) is 0 Å². The topological polar surface area (TPSA) is 115 Å². The van der Waals surface area contributed by atoms with E-state index in [1.165, 1.54) is 23.5 Å². The second kappa shape index (κ2) is 11.2. The molecular formula is C24H26FN7O2S2. The molecule has 1 atom stereocenters. The van der Waals surface area contributed by atoms with E-state index in [4.69, 9.17) is 0 Å². The summed E-state index contributed by atoms with van der Waals surface area (Å²) >= 11 is 3.00. The van der Waals surface area contributed by atoms with Crippen molar-refractivity contribution in [3.63, 3.8) is 0 Å². The van der Waals surface area contributed by atoms with Gasteiger partial charge in [-0.25, -0.2) is 24.1 Å². The van der Waals surface area contributed by atoms with Gasteiger partial charge in [-0.15, -0.1) is 22.7 Å². The predicted molar refractivity (Wildman–Crippen MR) is 141 cm³/mol. The number of likely N-dealkylation sites (tertiary alicyclic amines) is 1. The van der Waals surface area contributed by atoms with Gasteiger partial charge >= 0.3 is 6.03 Å². The molecule has 1 aliphatic rings. The quantitative estimate of drug-likeness (QED) is 0.253. The highest BCUT2D eigenvalue weighted by molar-refractivity contribution is 7.17. The molecule has 4 heterocycles. The van der Waals surface area contributed by atoms with Crippen molar-refractivity contribution in [2.75, 3.05) is 35.6 Å². The van der Waals surface area contributed by atoms with E-state index < -0.39 is 6.03 Å². The van der Waals surface area contributed by atoms with Crippen LogP contribution in [-0.4, -0.2) is 56.7 Å². The van der Waals surface area contributed by atoms with Crippen LogP contribution in [0.1, 0.15) is 23.3 Å². The summed E-state index contributed by atoms with van der Waals surface area (Å²) < 4.78 is 15.4. The van der Waals surface area contributed by atoms with Gasteiger partial charge in [0.15, 0.2) is 5.13 Å². The molecule has 1 aliphatic heterocycles. The van der Waals surface area contributed by atoms with Crippen molar-refractivity contribution in [1.29, 1.82) is 0 Å². The highest BCUT2D eigenvalue weighted by atomic mass is 32.1. The number of thiazole rings is 1. The number of benzene rings is 1. The second-order valence-electron chi connectivity index (χ2n) is 8.50. The normalized spacial score (nSPS) is 15.9. The van der Waals surface area contributed by atoms with Gasteiger partial charge in [0.25, 0.3) is 0 Å². The van der Waals surface area contributed by atoms with Gasteiger partial charge in [0.2, 0.25) is 0 Å². The van der Waals surface area contributed by atoms with Crippen molar-refractivity contribution in [2.45, 2.75) is 31.8 Å². The van der Waals surface area contributed by atoms with E-state index in [-0.39, 0.29) is 18.5 Å². The number of hydrogen-bond donors (Lipinski definition) is 4. The number of hydrogen-bond acceptors (Lipinski definition) is 9. The molecule has 188 valence electrons.